The number of Topliss-reactive ketones (excluding diaryl/α,β-unsaturated/α-hetero) is 1. The first-order valence-corrected chi connectivity index (χ1v) is 9.15. The molecule has 1 aliphatic carbocycles. The minimum Gasteiger partial charge on any atom is -0.390 e. The number of carbonyl (C=O) groups is 1. The maximum atomic E-state index is 12.9. The van der Waals surface area contributed by atoms with Crippen LogP contribution in [-0.2, 0) is 0 Å². The van der Waals surface area contributed by atoms with E-state index in [0.717, 1.165) is 36.1 Å². The molecule has 0 radical (unpaired) electrons. The molecule has 1 N–H and O–H groups in total. The van der Waals surface area contributed by atoms with E-state index in [2.05, 4.69) is 6.07 Å². The van der Waals surface area contributed by atoms with Gasteiger partial charge in [-0.2, -0.15) is 10.4 Å². The number of hydrogen-bond donors (Lipinski definition) is 1. The number of nitriles is 1. The molecule has 0 saturated heterocycles. The van der Waals surface area contributed by atoms with Crippen LogP contribution in [0, 0.1) is 18.3 Å². The van der Waals surface area contributed by atoms with Crippen molar-refractivity contribution >= 4 is 5.78 Å². The van der Waals surface area contributed by atoms with Gasteiger partial charge in [0.2, 0.25) is 0 Å². The van der Waals surface area contributed by atoms with Gasteiger partial charge in [-0.15, -0.1) is 0 Å². The molecular formula is C21H25N3O2. The number of aromatic nitrogens is 2. The van der Waals surface area contributed by atoms with Crippen molar-refractivity contribution in [3.05, 3.63) is 41.1 Å². The van der Waals surface area contributed by atoms with E-state index in [1.807, 2.05) is 23.7 Å². The van der Waals surface area contributed by atoms with Crippen LogP contribution in [0.15, 0.2) is 24.3 Å². The van der Waals surface area contributed by atoms with Gasteiger partial charge in [0.1, 0.15) is 5.69 Å². The predicted octanol–water partition coefficient (Wildman–Crippen LogP) is 4.19. The van der Waals surface area contributed by atoms with Gasteiger partial charge in [0, 0.05) is 17.5 Å². The molecule has 0 amide bonds. The summed E-state index contributed by atoms with van der Waals surface area (Å²) in [4.78, 5) is 12.9. The number of nitrogens with zero attached hydrogens (tertiary/aromatic N) is 3. The van der Waals surface area contributed by atoms with Crippen LogP contribution in [0.25, 0.3) is 11.3 Å². The predicted molar refractivity (Wildman–Crippen MR) is 99.9 cm³/mol. The SMILES string of the molecule is Cc1c(-c2ccc(C#N)cc2)nn(C2CCC2)c1C(=O)CCC(C)(C)O. The molecule has 1 aliphatic rings. The summed E-state index contributed by atoms with van der Waals surface area (Å²) < 4.78 is 1.90. The standard InChI is InChI=1S/C21H25N3O2/c1-14-19(16-9-7-15(13-22)8-10-16)23-24(17-5-4-6-17)20(14)18(25)11-12-21(2,3)26/h7-10,17,26H,4-6,11-12H2,1-3H3. The summed E-state index contributed by atoms with van der Waals surface area (Å²) in [5.41, 5.74) is 3.00. The summed E-state index contributed by atoms with van der Waals surface area (Å²) >= 11 is 0. The molecular weight excluding hydrogens is 326 g/mol. The third kappa shape index (κ3) is 3.71. The summed E-state index contributed by atoms with van der Waals surface area (Å²) in [6.45, 7) is 5.38. The Balaban J connectivity index is 1.98. The lowest BCUT2D eigenvalue weighted by Gasteiger charge is -2.27. The van der Waals surface area contributed by atoms with Crippen molar-refractivity contribution in [2.45, 2.75) is 64.5 Å². The first-order chi connectivity index (χ1) is 12.3. The second-order valence-electron chi connectivity index (χ2n) is 7.78. The highest BCUT2D eigenvalue weighted by atomic mass is 16.3. The molecule has 0 spiro atoms. The fraction of sp³-hybridized carbons (Fsp3) is 0.476. The van der Waals surface area contributed by atoms with Gasteiger partial charge in [-0.05, 0) is 58.6 Å². The van der Waals surface area contributed by atoms with Crippen LogP contribution in [-0.4, -0.2) is 26.3 Å². The molecule has 1 aromatic heterocycles. The Morgan fingerprint density at radius 2 is 2.00 bits per heavy atom. The van der Waals surface area contributed by atoms with Gasteiger partial charge in [0.15, 0.2) is 5.78 Å². The lowest BCUT2D eigenvalue weighted by Crippen LogP contribution is -2.24. The van der Waals surface area contributed by atoms with Crippen molar-refractivity contribution in [3.8, 4) is 17.3 Å². The minimum atomic E-state index is -0.860. The summed E-state index contributed by atoms with van der Waals surface area (Å²) in [6, 6.07) is 9.70. The van der Waals surface area contributed by atoms with Crippen molar-refractivity contribution in [2.24, 2.45) is 0 Å². The minimum absolute atomic E-state index is 0.0314. The number of hydrogen-bond acceptors (Lipinski definition) is 4. The molecule has 5 heteroatoms. The van der Waals surface area contributed by atoms with E-state index in [-0.39, 0.29) is 11.8 Å². The zero-order valence-electron chi connectivity index (χ0n) is 15.6. The van der Waals surface area contributed by atoms with E-state index >= 15 is 0 Å². The molecule has 26 heavy (non-hydrogen) atoms. The number of rotatable bonds is 6. The maximum Gasteiger partial charge on any atom is 0.181 e. The summed E-state index contributed by atoms with van der Waals surface area (Å²) in [5.74, 6) is 0.0314. The van der Waals surface area contributed by atoms with Gasteiger partial charge < -0.3 is 5.11 Å². The van der Waals surface area contributed by atoms with E-state index in [0.29, 0.717) is 24.1 Å². The first-order valence-electron chi connectivity index (χ1n) is 9.15. The normalized spacial score (nSPS) is 14.7. The van der Waals surface area contributed by atoms with Crippen LogP contribution >= 0.6 is 0 Å². The molecule has 5 nitrogen and oxygen atoms in total. The van der Waals surface area contributed by atoms with E-state index in [9.17, 15) is 9.90 Å². The van der Waals surface area contributed by atoms with E-state index in [4.69, 9.17) is 10.4 Å². The highest BCUT2D eigenvalue weighted by molar-refractivity contribution is 5.97. The fourth-order valence-electron chi connectivity index (χ4n) is 3.26. The molecule has 1 heterocycles. The third-order valence-electron chi connectivity index (χ3n) is 5.08. The Bertz CT molecular complexity index is 847. The van der Waals surface area contributed by atoms with Crippen molar-refractivity contribution < 1.29 is 9.90 Å². The van der Waals surface area contributed by atoms with Gasteiger partial charge in [0.05, 0.1) is 29.0 Å². The van der Waals surface area contributed by atoms with Gasteiger partial charge in [-0.25, -0.2) is 0 Å². The number of aliphatic hydroxyl groups is 1. The average molecular weight is 351 g/mol. The van der Waals surface area contributed by atoms with Crippen molar-refractivity contribution in [2.75, 3.05) is 0 Å². The average Bonchev–Trinajstić information content (AvgIpc) is 2.87. The van der Waals surface area contributed by atoms with Crippen LogP contribution in [0.4, 0.5) is 0 Å². The van der Waals surface area contributed by atoms with Crippen molar-refractivity contribution in [3.63, 3.8) is 0 Å². The van der Waals surface area contributed by atoms with Gasteiger partial charge >= 0.3 is 0 Å². The van der Waals surface area contributed by atoms with Crippen LogP contribution in [0.2, 0.25) is 0 Å². The number of carbonyl (C=O) groups excluding carboxylic acids is 1. The van der Waals surface area contributed by atoms with Crippen LogP contribution in [0.3, 0.4) is 0 Å². The molecule has 0 aliphatic heterocycles. The lowest BCUT2D eigenvalue weighted by atomic mass is 9.92. The molecule has 0 bridgehead atoms. The lowest BCUT2D eigenvalue weighted by molar-refractivity contribution is 0.0627. The second kappa shape index (κ2) is 7.05. The highest BCUT2D eigenvalue weighted by Gasteiger charge is 2.29. The van der Waals surface area contributed by atoms with E-state index in [1.54, 1.807) is 26.0 Å². The van der Waals surface area contributed by atoms with E-state index < -0.39 is 5.60 Å². The van der Waals surface area contributed by atoms with Crippen molar-refractivity contribution in [1.82, 2.24) is 9.78 Å². The van der Waals surface area contributed by atoms with Gasteiger partial charge in [0.25, 0.3) is 0 Å². The van der Waals surface area contributed by atoms with Gasteiger partial charge in [-0.3, -0.25) is 9.48 Å². The summed E-state index contributed by atoms with van der Waals surface area (Å²) in [6.07, 6.45) is 3.97. The zero-order chi connectivity index (χ0) is 18.9. The number of benzene rings is 1. The van der Waals surface area contributed by atoms with Gasteiger partial charge in [-0.1, -0.05) is 12.1 Å². The smallest absolute Gasteiger partial charge is 0.181 e. The Morgan fingerprint density at radius 3 is 2.50 bits per heavy atom. The monoisotopic (exact) mass is 351 g/mol. The molecule has 1 fully saturated rings. The Kier molecular flexibility index (Phi) is 4.97. The quantitative estimate of drug-likeness (QED) is 0.792. The first kappa shape index (κ1) is 18.3. The topological polar surface area (TPSA) is 78.9 Å². The Labute approximate surface area is 154 Å². The van der Waals surface area contributed by atoms with Crippen LogP contribution in [0.1, 0.15) is 73.6 Å². The van der Waals surface area contributed by atoms with E-state index in [1.165, 1.54) is 0 Å². The van der Waals surface area contributed by atoms with Crippen LogP contribution < -0.4 is 0 Å². The highest BCUT2D eigenvalue weighted by Crippen LogP contribution is 2.36. The number of ketones is 1. The van der Waals surface area contributed by atoms with Crippen LogP contribution in [0.5, 0.6) is 0 Å². The Morgan fingerprint density at radius 1 is 1.35 bits per heavy atom. The Hall–Kier alpha value is -2.45. The molecule has 0 atom stereocenters. The fourth-order valence-corrected chi connectivity index (χ4v) is 3.26. The van der Waals surface area contributed by atoms with Crippen molar-refractivity contribution in [1.29, 1.82) is 5.26 Å². The maximum absolute atomic E-state index is 12.9. The largest absolute Gasteiger partial charge is 0.390 e. The molecule has 2 aromatic rings. The summed E-state index contributed by atoms with van der Waals surface area (Å²) in [5, 5.41) is 23.7. The second-order valence-corrected chi connectivity index (χ2v) is 7.78. The molecule has 0 unspecified atom stereocenters. The summed E-state index contributed by atoms with van der Waals surface area (Å²) in [7, 11) is 0. The molecule has 3 rings (SSSR count). The molecule has 1 aromatic carbocycles. The molecule has 1 saturated carbocycles. The molecule has 136 valence electrons. The third-order valence-corrected chi connectivity index (χ3v) is 5.08. The zero-order valence-corrected chi connectivity index (χ0v) is 15.6.